The molecule has 0 N–H and O–H groups in total. The van der Waals surface area contributed by atoms with Crippen molar-refractivity contribution >= 4 is 5.78 Å². The smallest absolute Gasteiger partial charge is 0.134 e. The Morgan fingerprint density at radius 2 is 2.14 bits per heavy atom. The number of hydrogen-bond donors (Lipinski definition) is 0. The predicted octanol–water partition coefficient (Wildman–Crippen LogP) is 3.13. The fourth-order valence-electron chi connectivity index (χ4n) is 7.24. The van der Waals surface area contributed by atoms with Gasteiger partial charge in [-0.3, -0.25) is 9.69 Å². The van der Waals surface area contributed by atoms with Gasteiger partial charge in [0.2, 0.25) is 0 Å². The summed E-state index contributed by atoms with van der Waals surface area (Å²) in [5.74, 6) is 1.42. The first-order valence-electron chi connectivity index (χ1n) is 11.1. The monoisotopic (exact) mass is 399 g/mol. The number of ether oxygens (including phenoxy) is 3. The average Bonchev–Trinajstić information content (AvgIpc) is 3.22. The van der Waals surface area contributed by atoms with Crippen LogP contribution in [-0.4, -0.2) is 62.3 Å². The lowest BCUT2D eigenvalue weighted by Gasteiger charge is -2.67. The molecule has 1 aromatic carbocycles. The highest BCUT2D eigenvalue weighted by atomic mass is 16.5. The Labute approximate surface area is 173 Å². The Hall–Kier alpha value is -1.43. The first-order valence-corrected chi connectivity index (χ1v) is 11.1. The van der Waals surface area contributed by atoms with Crippen LogP contribution in [0.4, 0.5) is 0 Å². The molecule has 2 aliphatic carbocycles. The van der Waals surface area contributed by atoms with E-state index in [-0.39, 0.29) is 23.0 Å². The Morgan fingerprint density at radius 3 is 2.86 bits per heavy atom. The zero-order chi connectivity index (χ0) is 20.2. The molecule has 0 spiro atoms. The quantitative estimate of drug-likeness (QED) is 0.779. The van der Waals surface area contributed by atoms with E-state index in [2.05, 4.69) is 30.0 Å². The summed E-state index contributed by atoms with van der Waals surface area (Å²) in [5, 5.41) is 0. The summed E-state index contributed by atoms with van der Waals surface area (Å²) < 4.78 is 18.1. The van der Waals surface area contributed by atoms with Crippen LogP contribution in [0, 0.1) is 5.92 Å². The van der Waals surface area contributed by atoms with Gasteiger partial charge in [0.15, 0.2) is 0 Å². The maximum atomic E-state index is 12.9. The molecule has 4 aliphatic rings. The molecule has 2 heterocycles. The molecule has 2 unspecified atom stereocenters. The van der Waals surface area contributed by atoms with Crippen molar-refractivity contribution in [2.75, 3.05) is 33.9 Å². The number of Topliss-reactive ketones (excluding diaryl/α,β-unsaturated/α-hetero) is 1. The summed E-state index contributed by atoms with van der Waals surface area (Å²) in [6.45, 7) is 5.07. The lowest BCUT2D eigenvalue weighted by molar-refractivity contribution is -0.212. The van der Waals surface area contributed by atoms with Gasteiger partial charge >= 0.3 is 0 Å². The third kappa shape index (κ3) is 2.67. The summed E-state index contributed by atoms with van der Waals surface area (Å²) in [7, 11) is 3.59. The number of carbonyl (C=O) groups excluding carboxylic acids is 1. The van der Waals surface area contributed by atoms with Gasteiger partial charge in [0, 0.05) is 44.6 Å². The summed E-state index contributed by atoms with van der Waals surface area (Å²) in [5.41, 5.74) is 2.02. The SMILES string of the molecule is COc1ccc2c(c1)[C@]13CCN(CC4CCCO4)[C@H](C2)[C@]1(OC)C(C)CC(=O)C3. The van der Waals surface area contributed by atoms with Gasteiger partial charge in [-0.25, -0.2) is 0 Å². The molecule has 1 aromatic rings. The number of piperidine rings is 1. The van der Waals surface area contributed by atoms with Crippen LogP contribution in [0.25, 0.3) is 0 Å². The molecule has 5 rings (SSSR count). The number of rotatable bonds is 4. The van der Waals surface area contributed by atoms with Crippen LogP contribution >= 0.6 is 0 Å². The highest BCUT2D eigenvalue weighted by molar-refractivity contribution is 5.83. The second-order valence-corrected chi connectivity index (χ2v) is 9.52. The fraction of sp³-hybridized carbons (Fsp3) is 0.708. The van der Waals surface area contributed by atoms with E-state index in [1.54, 1.807) is 7.11 Å². The predicted molar refractivity (Wildman–Crippen MR) is 110 cm³/mol. The third-order valence-electron chi connectivity index (χ3n) is 8.32. The highest BCUT2D eigenvalue weighted by Gasteiger charge is 2.68. The van der Waals surface area contributed by atoms with Gasteiger partial charge in [0.05, 0.1) is 18.8 Å². The van der Waals surface area contributed by atoms with E-state index < -0.39 is 0 Å². The zero-order valence-electron chi connectivity index (χ0n) is 17.9. The molecule has 29 heavy (non-hydrogen) atoms. The lowest BCUT2D eigenvalue weighted by atomic mass is 9.46. The number of ketones is 1. The van der Waals surface area contributed by atoms with Gasteiger partial charge in [0.1, 0.15) is 11.5 Å². The van der Waals surface area contributed by atoms with Crippen molar-refractivity contribution in [1.82, 2.24) is 4.90 Å². The average molecular weight is 400 g/mol. The third-order valence-corrected chi connectivity index (χ3v) is 8.32. The Morgan fingerprint density at radius 1 is 1.28 bits per heavy atom. The molecule has 0 aromatic heterocycles. The number of carbonyl (C=O) groups is 1. The van der Waals surface area contributed by atoms with Crippen molar-refractivity contribution in [3.63, 3.8) is 0 Å². The van der Waals surface area contributed by atoms with E-state index in [1.807, 2.05) is 7.11 Å². The zero-order valence-corrected chi connectivity index (χ0v) is 17.9. The fourth-order valence-corrected chi connectivity index (χ4v) is 7.24. The number of benzene rings is 1. The summed E-state index contributed by atoms with van der Waals surface area (Å²) >= 11 is 0. The van der Waals surface area contributed by atoms with E-state index in [0.717, 1.165) is 51.1 Å². The summed E-state index contributed by atoms with van der Waals surface area (Å²) in [6.07, 6.45) is 5.73. The molecule has 158 valence electrons. The van der Waals surface area contributed by atoms with Gasteiger partial charge in [-0.1, -0.05) is 13.0 Å². The lowest BCUT2D eigenvalue weighted by Crippen LogP contribution is -2.76. The maximum Gasteiger partial charge on any atom is 0.134 e. The van der Waals surface area contributed by atoms with Crippen LogP contribution in [0.3, 0.4) is 0 Å². The molecule has 1 saturated carbocycles. The van der Waals surface area contributed by atoms with Gasteiger partial charge in [0.25, 0.3) is 0 Å². The molecule has 2 saturated heterocycles. The molecule has 3 fully saturated rings. The van der Waals surface area contributed by atoms with E-state index >= 15 is 0 Å². The molecule has 0 amide bonds. The second kappa shape index (κ2) is 7.07. The largest absolute Gasteiger partial charge is 0.497 e. The Bertz CT molecular complexity index is 804. The van der Waals surface area contributed by atoms with E-state index in [9.17, 15) is 4.79 Å². The standard InChI is InChI=1S/C24H33NO4/c1-16-11-18(26)14-23-8-9-25(15-20-5-4-10-29-20)22(24(16,23)28-3)12-17-6-7-19(27-2)13-21(17)23/h6-7,13,16,20,22H,4-5,8-12,14-15H2,1-3H3/t16?,20?,22-,23-,24-/m1/s1. The number of nitrogens with zero attached hydrogens (tertiary/aromatic N) is 1. The molecular formula is C24H33NO4. The van der Waals surface area contributed by atoms with E-state index in [0.29, 0.717) is 24.7 Å². The minimum Gasteiger partial charge on any atom is -0.497 e. The molecule has 5 atom stereocenters. The number of fused-ring (bicyclic) bond motifs is 1. The molecule has 5 heteroatoms. The van der Waals surface area contributed by atoms with Crippen molar-refractivity contribution in [1.29, 1.82) is 0 Å². The normalized spacial score (nSPS) is 39.1. The van der Waals surface area contributed by atoms with Crippen molar-refractivity contribution in [2.24, 2.45) is 5.92 Å². The molecular weight excluding hydrogens is 366 g/mol. The highest BCUT2D eigenvalue weighted by Crippen LogP contribution is 2.61. The minimum absolute atomic E-state index is 0.186. The number of likely N-dealkylation sites (tertiary alicyclic amines) is 1. The minimum atomic E-state index is -0.350. The number of hydrogen-bond acceptors (Lipinski definition) is 5. The first kappa shape index (κ1) is 19.5. The van der Waals surface area contributed by atoms with E-state index in [4.69, 9.17) is 14.2 Å². The summed E-state index contributed by atoms with van der Waals surface area (Å²) in [6, 6.07) is 6.72. The summed E-state index contributed by atoms with van der Waals surface area (Å²) in [4.78, 5) is 15.5. The van der Waals surface area contributed by atoms with Crippen LogP contribution in [0.5, 0.6) is 5.75 Å². The van der Waals surface area contributed by atoms with Crippen molar-refractivity contribution in [3.8, 4) is 5.75 Å². The van der Waals surface area contributed by atoms with Crippen molar-refractivity contribution < 1.29 is 19.0 Å². The van der Waals surface area contributed by atoms with Crippen LogP contribution in [0.2, 0.25) is 0 Å². The molecule has 0 radical (unpaired) electrons. The maximum absolute atomic E-state index is 12.9. The van der Waals surface area contributed by atoms with Gasteiger partial charge in [-0.15, -0.1) is 0 Å². The van der Waals surface area contributed by atoms with Gasteiger partial charge in [-0.05, 0) is 61.4 Å². The molecule has 5 nitrogen and oxygen atoms in total. The topological polar surface area (TPSA) is 48.0 Å². The van der Waals surface area contributed by atoms with Crippen LogP contribution in [-0.2, 0) is 26.1 Å². The molecule has 2 aliphatic heterocycles. The first-order chi connectivity index (χ1) is 14.0. The molecule has 2 bridgehead atoms. The van der Waals surface area contributed by atoms with E-state index in [1.165, 1.54) is 11.1 Å². The van der Waals surface area contributed by atoms with Gasteiger partial charge in [-0.2, -0.15) is 0 Å². The van der Waals surface area contributed by atoms with Crippen molar-refractivity contribution in [2.45, 2.75) is 68.6 Å². The van der Waals surface area contributed by atoms with Gasteiger partial charge < -0.3 is 14.2 Å². The number of methoxy groups -OCH3 is 2. The van der Waals surface area contributed by atoms with Crippen LogP contribution in [0.1, 0.15) is 50.2 Å². The Kier molecular flexibility index (Phi) is 4.76. The van der Waals surface area contributed by atoms with Crippen molar-refractivity contribution in [3.05, 3.63) is 29.3 Å². The second-order valence-electron chi connectivity index (χ2n) is 9.52. The van der Waals surface area contributed by atoms with Crippen LogP contribution < -0.4 is 4.74 Å². The Balaban J connectivity index is 1.64. The van der Waals surface area contributed by atoms with Crippen LogP contribution in [0.15, 0.2) is 18.2 Å².